The zero-order chi connectivity index (χ0) is 10.8. The highest BCUT2D eigenvalue weighted by molar-refractivity contribution is 7.12. The Kier molecular flexibility index (Phi) is 3.32. The molecule has 0 saturated carbocycles. The molecular weight excluding hydrogens is 196 g/mol. The van der Waals surface area contributed by atoms with Crippen LogP contribution < -0.4 is 0 Å². The highest BCUT2D eigenvalue weighted by Crippen LogP contribution is 2.30. The fourth-order valence-electron chi connectivity index (χ4n) is 1.25. The molecule has 0 N–H and O–H groups in total. The average Bonchev–Trinajstić information content (AvgIpc) is 2.50. The number of thiophene rings is 1. The zero-order valence-corrected chi connectivity index (χ0v) is 9.90. The number of carbonyl (C=O) groups excluding carboxylic acids is 1. The molecule has 1 aromatic rings. The van der Waals surface area contributed by atoms with Crippen molar-refractivity contribution in [3.8, 4) is 0 Å². The molecule has 0 amide bonds. The summed E-state index contributed by atoms with van der Waals surface area (Å²) >= 11 is 1.45. The van der Waals surface area contributed by atoms with E-state index in [1.807, 2.05) is 18.4 Å². The van der Waals surface area contributed by atoms with Crippen molar-refractivity contribution in [3.63, 3.8) is 0 Å². The molecule has 0 aliphatic heterocycles. The Labute approximate surface area is 88.9 Å². The van der Waals surface area contributed by atoms with Gasteiger partial charge in [-0.3, -0.25) is 0 Å². The van der Waals surface area contributed by atoms with E-state index in [-0.39, 0.29) is 11.4 Å². The molecule has 78 valence electrons. The molecule has 14 heavy (non-hydrogen) atoms. The monoisotopic (exact) mass is 212 g/mol. The number of esters is 1. The van der Waals surface area contributed by atoms with Gasteiger partial charge in [-0.15, -0.1) is 11.3 Å². The van der Waals surface area contributed by atoms with Gasteiger partial charge in [-0.05, 0) is 29.3 Å². The van der Waals surface area contributed by atoms with Gasteiger partial charge in [0, 0.05) is 0 Å². The summed E-state index contributed by atoms with van der Waals surface area (Å²) in [5.74, 6) is -0.201. The summed E-state index contributed by atoms with van der Waals surface area (Å²) in [6, 6.07) is 2.00. The average molecular weight is 212 g/mol. The highest BCUT2D eigenvalue weighted by atomic mass is 32.1. The predicted octanol–water partition coefficient (Wildman–Crippen LogP) is 3.22. The Hall–Kier alpha value is -0.830. The van der Waals surface area contributed by atoms with Crippen molar-refractivity contribution in [2.45, 2.75) is 33.1 Å². The molecule has 0 aliphatic carbocycles. The van der Waals surface area contributed by atoms with Crippen LogP contribution in [0.4, 0.5) is 0 Å². The minimum absolute atomic E-state index is 0.00208. The third-order valence-electron chi connectivity index (χ3n) is 1.93. The highest BCUT2D eigenvalue weighted by Gasteiger charge is 2.23. The number of hydrogen-bond donors (Lipinski definition) is 0. The maximum Gasteiger partial charge on any atom is 0.348 e. The van der Waals surface area contributed by atoms with Gasteiger partial charge >= 0.3 is 5.97 Å². The first-order valence-electron chi connectivity index (χ1n) is 4.72. The van der Waals surface area contributed by atoms with Crippen LogP contribution >= 0.6 is 11.3 Å². The summed E-state index contributed by atoms with van der Waals surface area (Å²) < 4.78 is 4.99. The molecule has 0 aliphatic rings. The van der Waals surface area contributed by atoms with Crippen LogP contribution in [0.1, 0.15) is 42.9 Å². The minimum atomic E-state index is -0.201. The van der Waals surface area contributed by atoms with Gasteiger partial charge in [0.05, 0.1) is 6.61 Å². The van der Waals surface area contributed by atoms with Crippen molar-refractivity contribution in [2.24, 2.45) is 0 Å². The van der Waals surface area contributed by atoms with Gasteiger partial charge in [-0.1, -0.05) is 20.8 Å². The van der Waals surface area contributed by atoms with Gasteiger partial charge in [-0.2, -0.15) is 0 Å². The molecule has 0 saturated heterocycles. The second-order valence-corrected chi connectivity index (χ2v) is 5.05. The Balaban J connectivity index is 2.99. The van der Waals surface area contributed by atoms with E-state index < -0.39 is 0 Å². The summed E-state index contributed by atoms with van der Waals surface area (Å²) in [6.45, 7) is 8.54. The van der Waals surface area contributed by atoms with E-state index in [4.69, 9.17) is 4.74 Å². The Morgan fingerprint density at radius 2 is 2.14 bits per heavy atom. The van der Waals surface area contributed by atoms with Crippen molar-refractivity contribution < 1.29 is 9.53 Å². The molecule has 0 bridgehead atoms. The molecule has 0 atom stereocenters. The number of hydrogen-bond acceptors (Lipinski definition) is 3. The maximum absolute atomic E-state index is 11.6. The first-order valence-corrected chi connectivity index (χ1v) is 5.60. The standard InChI is InChI=1S/C11H16O2S/c1-5-13-10(12)9-8(6-7-14-9)11(2,3)4/h6-7H,5H2,1-4H3. The van der Waals surface area contributed by atoms with Crippen molar-refractivity contribution >= 4 is 17.3 Å². The summed E-state index contributed by atoms with van der Waals surface area (Å²) in [6.07, 6.45) is 0. The van der Waals surface area contributed by atoms with E-state index in [1.54, 1.807) is 0 Å². The van der Waals surface area contributed by atoms with Gasteiger partial charge in [0.1, 0.15) is 4.88 Å². The molecule has 1 aromatic heterocycles. The Morgan fingerprint density at radius 3 is 2.64 bits per heavy atom. The molecule has 3 heteroatoms. The van der Waals surface area contributed by atoms with Crippen LogP contribution in [0.25, 0.3) is 0 Å². The maximum atomic E-state index is 11.6. The van der Waals surface area contributed by atoms with E-state index in [2.05, 4.69) is 20.8 Å². The van der Waals surface area contributed by atoms with E-state index >= 15 is 0 Å². The molecule has 0 radical (unpaired) electrons. The van der Waals surface area contributed by atoms with Crippen LogP contribution in [0.5, 0.6) is 0 Å². The zero-order valence-electron chi connectivity index (χ0n) is 9.09. The second-order valence-electron chi connectivity index (χ2n) is 4.13. The van der Waals surface area contributed by atoms with Gasteiger partial charge in [-0.25, -0.2) is 4.79 Å². The van der Waals surface area contributed by atoms with E-state index in [9.17, 15) is 4.79 Å². The fourth-order valence-corrected chi connectivity index (χ4v) is 2.25. The molecular formula is C11H16O2S. The Bertz CT molecular complexity index is 320. The number of ether oxygens (including phenoxy) is 1. The smallest absolute Gasteiger partial charge is 0.348 e. The SMILES string of the molecule is CCOC(=O)c1sccc1C(C)(C)C. The third kappa shape index (κ3) is 2.35. The van der Waals surface area contributed by atoms with E-state index in [0.29, 0.717) is 6.61 Å². The van der Waals surface area contributed by atoms with Crippen LogP contribution in [-0.4, -0.2) is 12.6 Å². The summed E-state index contributed by atoms with van der Waals surface area (Å²) in [7, 11) is 0. The largest absolute Gasteiger partial charge is 0.462 e. The van der Waals surface area contributed by atoms with Gasteiger partial charge in [0.15, 0.2) is 0 Å². The fraction of sp³-hybridized carbons (Fsp3) is 0.545. The lowest BCUT2D eigenvalue weighted by atomic mass is 9.87. The van der Waals surface area contributed by atoms with E-state index in [1.165, 1.54) is 11.3 Å². The molecule has 1 heterocycles. The van der Waals surface area contributed by atoms with Crippen molar-refractivity contribution in [1.29, 1.82) is 0 Å². The van der Waals surface area contributed by atoms with Crippen molar-refractivity contribution in [2.75, 3.05) is 6.61 Å². The van der Waals surface area contributed by atoms with Crippen LogP contribution in [0.3, 0.4) is 0 Å². The molecule has 0 fully saturated rings. The lowest BCUT2D eigenvalue weighted by molar-refractivity contribution is 0.0529. The molecule has 0 spiro atoms. The summed E-state index contributed by atoms with van der Waals surface area (Å²) in [4.78, 5) is 12.3. The number of carbonyl (C=O) groups is 1. The van der Waals surface area contributed by atoms with Gasteiger partial charge in [0.2, 0.25) is 0 Å². The topological polar surface area (TPSA) is 26.3 Å². The third-order valence-corrected chi connectivity index (χ3v) is 2.83. The predicted molar refractivity (Wildman–Crippen MR) is 59.0 cm³/mol. The van der Waals surface area contributed by atoms with Crippen LogP contribution in [0, 0.1) is 0 Å². The first kappa shape index (κ1) is 11.2. The molecule has 1 rings (SSSR count). The van der Waals surface area contributed by atoms with E-state index in [0.717, 1.165) is 10.4 Å². The van der Waals surface area contributed by atoms with Crippen LogP contribution in [0.2, 0.25) is 0 Å². The lowest BCUT2D eigenvalue weighted by Crippen LogP contribution is -2.15. The Morgan fingerprint density at radius 1 is 1.50 bits per heavy atom. The van der Waals surface area contributed by atoms with Crippen LogP contribution in [-0.2, 0) is 10.2 Å². The summed E-state index contributed by atoms with van der Waals surface area (Å²) in [5, 5.41) is 1.94. The normalized spacial score (nSPS) is 11.4. The second kappa shape index (κ2) is 4.13. The molecule has 0 aromatic carbocycles. The number of rotatable bonds is 2. The quantitative estimate of drug-likeness (QED) is 0.703. The first-order chi connectivity index (χ1) is 6.46. The lowest BCUT2D eigenvalue weighted by Gasteiger charge is -2.18. The van der Waals surface area contributed by atoms with Gasteiger partial charge < -0.3 is 4.74 Å². The van der Waals surface area contributed by atoms with Crippen molar-refractivity contribution in [3.05, 3.63) is 21.9 Å². The minimum Gasteiger partial charge on any atom is -0.462 e. The summed E-state index contributed by atoms with van der Waals surface area (Å²) in [5.41, 5.74) is 1.07. The molecule has 2 nitrogen and oxygen atoms in total. The van der Waals surface area contributed by atoms with Gasteiger partial charge in [0.25, 0.3) is 0 Å². The van der Waals surface area contributed by atoms with Crippen molar-refractivity contribution in [1.82, 2.24) is 0 Å². The van der Waals surface area contributed by atoms with Crippen LogP contribution in [0.15, 0.2) is 11.4 Å². The molecule has 0 unspecified atom stereocenters.